The van der Waals surface area contributed by atoms with Gasteiger partial charge in [-0.2, -0.15) is 0 Å². The van der Waals surface area contributed by atoms with E-state index in [9.17, 15) is 38.7 Å². The fraction of sp³-hybridized carbons (Fsp3) is 0.528. The lowest BCUT2D eigenvalue weighted by atomic mass is 9.87. The Bertz CT molecular complexity index is 2290. The molecule has 0 radical (unpaired) electrons. The summed E-state index contributed by atoms with van der Waals surface area (Å²) in [5, 5.41) is 28.1. The summed E-state index contributed by atoms with van der Waals surface area (Å²) in [6.45, 7) is 9.99. The summed E-state index contributed by atoms with van der Waals surface area (Å²) in [5.41, 5.74) is 2.71. The molecule has 0 bridgehead atoms. The number of amides is 6. The number of carbonyl (C=O) groups excluding carboxylic acids is 7. The van der Waals surface area contributed by atoms with Crippen molar-refractivity contribution in [2.24, 2.45) is 5.92 Å². The van der Waals surface area contributed by atoms with Crippen LogP contribution in [0.5, 0.6) is 0 Å². The van der Waals surface area contributed by atoms with Crippen LogP contribution in [0, 0.1) is 5.92 Å². The van der Waals surface area contributed by atoms with Crippen LogP contribution in [0.2, 0.25) is 0 Å². The number of hydrogen-bond donors (Lipinski definition) is 7. The van der Waals surface area contributed by atoms with E-state index in [1.807, 2.05) is 26.0 Å². The summed E-state index contributed by atoms with van der Waals surface area (Å²) in [6, 6.07) is 13.5. The number of alkyl halides is 1. The van der Waals surface area contributed by atoms with Gasteiger partial charge in [0.2, 0.25) is 29.5 Å². The van der Waals surface area contributed by atoms with Gasteiger partial charge in [-0.05, 0) is 93.8 Å². The molecule has 398 valence electrons. The van der Waals surface area contributed by atoms with Crippen molar-refractivity contribution in [2.45, 2.75) is 147 Å². The first-order valence-corrected chi connectivity index (χ1v) is 25.9. The molecule has 19 nitrogen and oxygen atoms in total. The number of benzene rings is 2. The molecule has 6 amide bonds. The molecule has 20 heteroatoms. The number of esters is 1. The summed E-state index contributed by atoms with van der Waals surface area (Å²) >= 11 is 3.09. The second kappa shape index (κ2) is 29.1. The first-order valence-electron chi connectivity index (χ1n) is 24.8. The van der Waals surface area contributed by atoms with Crippen molar-refractivity contribution in [3.05, 3.63) is 95.6 Å². The topological polar surface area (TPSA) is 261 Å². The van der Waals surface area contributed by atoms with E-state index >= 15 is 0 Å². The SMILES string of the molecule is CC(=O)O[C@@H](C)C=CC(=O)N[C@@H]1C[C@H](C)[C@H](CC=C(C)C=C[C@H]2O[C@H](CC(=O)NCc3ccc(NC(=O)OCc4ccc(NC(=O)CNC(=O)CCCCCNC(=O)CBr)cc4)cc3)C[C@@]3(CO3)[C@@H]2O)O[C@@H]1C. The summed E-state index contributed by atoms with van der Waals surface area (Å²) < 4.78 is 28.7. The van der Waals surface area contributed by atoms with Crippen LogP contribution in [0.1, 0.15) is 97.1 Å². The van der Waals surface area contributed by atoms with E-state index in [-0.39, 0.29) is 91.6 Å². The molecule has 9 atom stereocenters. The maximum atomic E-state index is 13.1. The molecule has 3 saturated heterocycles. The van der Waals surface area contributed by atoms with E-state index in [4.69, 9.17) is 23.7 Å². The van der Waals surface area contributed by atoms with Crippen LogP contribution in [-0.2, 0) is 65.6 Å². The molecule has 73 heavy (non-hydrogen) atoms. The zero-order valence-corrected chi connectivity index (χ0v) is 43.8. The average molecular weight is 1080 g/mol. The summed E-state index contributed by atoms with van der Waals surface area (Å²) in [7, 11) is 0. The van der Waals surface area contributed by atoms with Crippen LogP contribution in [-0.4, -0.2) is 120 Å². The summed E-state index contributed by atoms with van der Waals surface area (Å²) in [5.74, 6) is -1.44. The van der Waals surface area contributed by atoms with Crippen molar-refractivity contribution in [2.75, 3.05) is 35.7 Å². The van der Waals surface area contributed by atoms with E-state index in [1.165, 1.54) is 19.1 Å². The van der Waals surface area contributed by atoms with Crippen molar-refractivity contribution in [3.8, 4) is 0 Å². The van der Waals surface area contributed by atoms with E-state index in [0.717, 1.165) is 30.4 Å². The minimum Gasteiger partial charge on any atom is -0.459 e. The molecule has 1 spiro atoms. The minimum atomic E-state index is -0.892. The Morgan fingerprint density at radius 3 is 2.23 bits per heavy atom. The summed E-state index contributed by atoms with van der Waals surface area (Å²) in [4.78, 5) is 85.0. The van der Waals surface area contributed by atoms with Gasteiger partial charge in [-0.15, -0.1) is 0 Å². The van der Waals surface area contributed by atoms with Gasteiger partial charge in [0.15, 0.2) is 0 Å². The van der Waals surface area contributed by atoms with Crippen LogP contribution in [0.15, 0.2) is 84.5 Å². The zero-order chi connectivity index (χ0) is 52.9. The van der Waals surface area contributed by atoms with Crippen molar-refractivity contribution in [3.63, 3.8) is 0 Å². The number of unbranched alkanes of at least 4 members (excludes halogenated alkanes) is 2. The van der Waals surface area contributed by atoms with E-state index < -0.39 is 42.1 Å². The number of carbonyl (C=O) groups is 7. The van der Waals surface area contributed by atoms with Crippen molar-refractivity contribution < 1.29 is 62.4 Å². The number of anilines is 2. The van der Waals surface area contributed by atoms with Crippen LogP contribution < -0.4 is 31.9 Å². The predicted octanol–water partition coefficient (Wildman–Crippen LogP) is 5.55. The molecule has 7 N–H and O–H groups in total. The number of ether oxygens (including phenoxy) is 5. The molecule has 0 saturated carbocycles. The summed E-state index contributed by atoms with van der Waals surface area (Å²) in [6.07, 6.45) is 9.51. The number of rotatable bonds is 25. The second-order valence-electron chi connectivity index (χ2n) is 18.8. The molecule has 5 rings (SSSR count). The lowest BCUT2D eigenvalue weighted by Gasteiger charge is -2.39. The number of aliphatic hydroxyl groups excluding tert-OH is 1. The third-order valence-corrected chi connectivity index (χ3v) is 13.1. The smallest absolute Gasteiger partial charge is 0.411 e. The first-order chi connectivity index (χ1) is 34.9. The van der Waals surface area contributed by atoms with E-state index in [2.05, 4.69) is 60.8 Å². The molecule has 2 aromatic rings. The Balaban J connectivity index is 0.967. The quantitative estimate of drug-likeness (QED) is 0.0161. The molecule has 3 fully saturated rings. The molecule has 2 aromatic carbocycles. The molecule has 3 aliphatic heterocycles. The minimum absolute atomic E-state index is 0.0163. The van der Waals surface area contributed by atoms with Crippen molar-refractivity contribution in [1.82, 2.24) is 21.3 Å². The molecular weight excluding hydrogens is 1010 g/mol. The highest BCUT2D eigenvalue weighted by atomic mass is 79.9. The zero-order valence-electron chi connectivity index (χ0n) is 42.2. The fourth-order valence-electron chi connectivity index (χ4n) is 8.39. The fourth-order valence-corrected chi connectivity index (χ4v) is 8.59. The Morgan fingerprint density at radius 2 is 1.55 bits per heavy atom. The third kappa shape index (κ3) is 20.5. The highest BCUT2D eigenvalue weighted by molar-refractivity contribution is 9.09. The number of nitrogens with one attached hydrogen (secondary N) is 6. The van der Waals surface area contributed by atoms with Gasteiger partial charge in [-0.1, -0.05) is 77.3 Å². The van der Waals surface area contributed by atoms with Gasteiger partial charge in [0, 0.05) is 50.3 Å². The Labute approximate surface area is 435 Å². The van der Waals surface area contributed by atoms with Crippen LogP contribution in [0.3, 0.4) is 0 Å². The van der Waals surface area contributed by atoms with Gasteiger partial charge in [0.05, 0.1) is 49.3 Å². The standard InChI is InChI=1S/C53H71BrN6O13/c1-33(10-21-44-34(2)25-43(36(4)72-44)60-47(63)23-12-35(3)71-37(5)61)11-22-45-51(67)53(32-70-53)27-42(73-45)26-48(64)56-29-38-13-17-41(18-14-38)59-52(68)69-31-39-15-19-40(20-16-39)58-50(66)30-57-46(62)9-7-6-8-24-55-49(65)28-54/h10-20,22-23,34-36,42-45,51,67H,6-9,21,24-32H2,1-5H3,(H,55,65)(H,56,64)(H,57,62)(H,58,66)(H,59,68)(H,60,63)/t34-,35-,36+,42+,43+,44-,45+,51+,53+/m0/s1. The van der Waals surface area contributed by atoms with Crippen LogP contribution >= 0.6 is 15.9 Å². The highest BCUT2D eigenvalue weighted by Crippen LogP contribution is 2.43. The Morgan fingerprint density at radius 1 is 0.849 bits per heavy atom. The first kappa shape index (κ1) is 58.0. The van der Waals surface area contributed by atoms with Crippen LogP contribution in [0.4, 0.5) is 16.2 Å². The number of hydrogen-bond acceptors (Lipinski definition) is 13. The highest BCUT2D eigenvalue weighted by Gasteiger charge is 2.58. The van der Waals surface area contributed by atoms with Crippen LogP contribution in [0.25, 0.3) is 0 Å². The molecule has 3 aliphatic rings. The second-order valence-corrected chi connectivity index (χ2v) is 19.4. The van der Waals surface area contributed by atoms with Crippen molar-refractivity contribution in [1.29, 1.82) is 0 Å². The van der Waals surface area contributed by atoms with Gasteiger partial charge in [0.25, 0.3) is 0 Å². The lowest BCUT2D eigenvalue weighted by Crippen LogP contribution is -2.50. The Hall–Kier alpha value is -5.93. The molecule has 0 aromatic heterocycles. The van der Waals surface area contributed by atoms with Gasteiger partial charge >= 0.3 is 12.1 Å². The largest absolute Gasteiger partial charge is 0.459 e. The monoisotopic (exact) mass is 1080 g/mol. The number of epoxide rings is 1. The van der Waals surface area contributed by atoms with E-state index in [0.29, 0.717) is 49.4 Å². The third-order valence-electron chi connectivity index (χ3n) is 12.6. The molecule has 3 heterocycles. The number of aliphatic hydroxyl groups is 1. The molecule has 0 aliphatic carbocycles. The normalized spacial score (nSPS) is 24.0. The van der Waals surface area contributed by atoms with Gasteiger partial charge in [-0.3, -0.25) is 34.1 Å². The predicted molar refractivity (Wildman–Crippen MR) is 276 cm³/mol. The number of allylic oxidation sites excluding steroid dienone is 2. The maximum absolute atomic E-state index is 13.1. The van der Waals surface area contributed by atoms with Crippen molar-refractivity contribution >= 4 is 68.9 Å². The molecule has 0 unspecified atom stereocenters. The Kier molecular flexibility index (Phi) is 23.1. The van der Waals surface area contributed by atoms with Gasteiger partial charge in [0.1, 0.15) is 30.5 Å². The molecular formula is C53H71BrN6O13. The van der Waals surface area contributed by atoms with Gasteiger partial charge in [-0.25, -0.2) is 4.79 Å². The maximum Gasteiger partial charge on any atom is 0.411 e. The average Bonchev–Trinajstić information content (AvgIpc) is 4.13. The van der Waals surface area contributed by atoms with Gasteiger partial charge < -0.3 is 55.4 Å². The lowest BCUT2D eigenvalue weighted by molar-refractivity contribution is -0.145. The number of halogens is 1. The van der Waals surface area contributed by atoms with E-state index in [1.54, 1.807) is 55.5 Å².